The topological polar surface area (TPSA) is 40.6 Å². The van der Waals surface area contributed by atoms with Crippen molar-refractivity contribution in [3.05, 3.63) is 60.3 Å². The van der Waals surface area contributed by atoms with Gasteiger partial charge >= 0.3 is 0 Å². The summed E-state index contributed by atoms with van der Waals surface area (Å²) in [6.07, 6.45) is 1.57. The molecule has 7 heteroatoms. The minimum Gasteiger partial charge on any atom is -0.481 e. The van der Waals surface area contributed by atoms with Crippen LogP contribution in [-0.2, 0) is 0 Å². The highest BCUT2D eigenvalue weighted by Gasteiger charge is 2.23. The molecule has 0 spiro atoms. The highest BCUT2D eigenvalue weighted by molar-refractivity contribution is 5.83. The Hall–Kier alpha value is -3.35. The molecule has 0 saturated heterocycles. The van der Waals surface area contributed by atoms with Gasteiger partial charge in [0.2, 0.25) is 5.88 Å². The first-order valence-corrected chi connectivity index (χ1v) is 10.3. The molecule has 5 nitrogen and oxygen atoms in total. The fourth-order valence-electron chi connectivity index (χ4n) is 3.91. The number of fused-ring (bicyclic) bond motifs is 1. The summed E-state index contributed by atoms with van der Waals surface area (Å²) in [6.45, 7) is 6.31. The van der Waals surface area contributed by atoms with E-state index in [4.69, 9.17) is 4.74 Å². The lowest BCUT2D eigenvalue weighted by molar-refractivity contribution is 0.400. The number of methoxy groups -OCH3 is 1. The number of rotatable bonds is 5. The number of ether oxygens (including phenoxy) is 1. The molecule has 3 aromatic rings. The number of anilines is 4. The third-order valence-corrected chi connectivity index (χ3v) is 5.56. The maximum absolute atomic E-state index is 14.1. The SMILES string of the molecule is COc1ncc(Nc2ccc(F)cc2F)cc1-c1ccc2c(c1)N(C)CCN2C(C)C. The van der Waals surface area contributed by atoms with E-state index in [0.29, 0.717) is 17.6 Å². The second-order valence-corrected chi connectivity index (χ2v) is 7.94. The molecular formula is C24H26F2N4O. The van der Waals surface area contributed by atoms with E-state index in [1.807, 2.05) is 6.07 Å². The van der Waals surface area contributed by atoms with Crippen molar-refractivity contribution >= 4 is 22.7 Å². The molecule has 4 rings (SSSR count). The van der Waals surface area contributed by atoms with Gasteiger partial charge in [0.25, 0.3) is 0 Å². The monoisotopic (exact) mass is 424 g/mol. The van der Waals surface area contributed by atoms with Crippen LogP contribution in [0.25, 0.3) is 11.1 Å². The van der Waals surface area contributed by atoms with E-state index in [2.05, 4.69) is 59.2 Å². The number of nitrogens with zero attached hydrogens (tertiary/aromatic N) is 3. The Balaban J connectivity index is 1.73. The van der Waals surface area contributed by atoms with E-state index in [9.17, 15) is 8.78 Å². The summed E-state index contributed by atoms with van der Waals surface area (Å²) < 4.78 is 32.8. The van der Waals surface area contributed by atoms with Crippen molar-refractivity contribution in [2.24, 2.45) is 0 Å². The van der Waals surface area contributed by atoms with Crippen molar-refractivity contribution in [2.75, 3.05) is 42.4 Å². The van der Waals surface area contributed by atoms with Crippen molar-refractivity contribution in [3.63, 3.8) is 0 Å². The molecule has 162 valence electrons. The first kappa shape index (κ1) is 20.9. The van der Waals surface area contributed by atoms with Crippen LogP contribution in [0.5, 0.6) is 5.88 Å². The number of aromatic nitrogens is 1. The lowest BCUT2D eigenvalue weighted by atomic mass is 10.0. The molecule has 0 atom stereocenters. The fraction of sp³-hybridized carbons (Fsp3) is 0.292. The zero-order chi connectivity index (χ0) is 22.1. The molecule has 2 aromatic carbocycles. The molecule has 0 bridgehead atoms. The third-order valence-electron chi connectivity index (χ3n) is 5.56. The van der Waals surface area contributed by atoms with Gasteiger partial charge in [0.05, 0.1) is 36.1 Å². The average molecular weight is 424 g/mol. The molecule has 0 fully saturated rings. The zero-order valence-corrected chi connectivity index (χ0v) is 18.1. The van der Waals surface area contributed by atoms with Gasteiger partial charge in [0.15, 0.2) is 0 Å². The number of hydrogen-bond donors (Lipinski definition) is 1. The molecule has 1 aliphatic rings. The van der Waals surface area contributed by atoms with Gasteiger partial charge in [-0.25, -0.2) is 13.8 Å². The van der Waals surface area contributed by atoms with Crippen LogP contribution in [0.3, 0.4) is 0 Å². The summed E-state index contributed by atoms with van der Waals surface area (Å²) in [5, 5.41) is 2.98. The minimum atomic E-state index is -0.665. The normalized spacial score (nSPS) is 13.4. The standard InChI is InChI=1S/C24H26F2N4O/c1-15(2)30-10-9-29(3)23-11-16(5-8-22(23)30)19-13-18(14-27-24(19)31-4)28-21-7-6-17(25)12-20(21)26/h5-8,11-15,28H,9-10H2,1-4H3. The Labute approximate surface area is 181 Å². The number of hydrogen-bond acceptors (Lipinski definition) is 5. The summed E-state index contributed by atoms with van der Waals surface area (Å²) in [6, 6.07) is 12.0. The molecule has 0 radical (unpaired) electrons. The van der Waals surface area contributed by atoms with E-state index in [1.54, 1.807) is 13.3 Å². The van der Waals surface area contributed by atoms with Crippen LogP contribution in [-0.4, -0.2) is 38.3 Å². The number of nitrogens with one attached hydrogen (secondary N) is 1. The molecule has 31 heavy (non-hydrogen) atoms. The lowest BCUT2D eigenvalue weighted by Crippen LogP contribution is -2.42. The number of halogens is 2. The van der Waals surface area contributed by atoms with Gasteiger partial charge in [-0.3, -0.25) is 0 Å². The molecule has 1 aliphatic heterocycles. The molecular weight excluding hydrogens is 398 g/mol. The summed E-state index contributed by atoms with van der Waals surface area (Å²) in [5.74, 6) is -0.809. The Morgan fingerprint density at radius 3 is 2.55 bits per heavy atom. The van der Waals surface area contributed by atoms with Crippen LogP contribution in [0.4, 0.5) is 31.5 Å². The number of likely N-dealkylation sites (N-methyl/N-ethyl adjacent to an activating group) is 1. The first-order valence-electron chi connectivity index (χ1n) is 10.3. The predicted molar refractivity (Wildman–Crippen MR) is 122 cm³/mol. The van der Waals surface area contributed by atoms with Crippen molar-refractivity contribution in [2.45, 2.75) is 19.9 Å². The Morgan fingerprint density at radius 1 is 1.03 bits per heavy atom. The van der Waals surface area contributed by atoms with E-state index in [1.165, 1.54) is 17.8 Å². The maximum atomic E-state index is 14.1. The summed E-state index contributed by atoms with van der Waals surface area (Å²) in [7, 11) is 3.66. The second kappa shape index (κ2) is 8.41. The summed E-state index contributed by atoms with van der Waals surface area (Å²) in [5.41, 5.74) is 4.83. The van der Waals surface area contributed by atoms with E-state index < -0.39 is 11.6 Å². The van der Waals surface area contributed by atoms with Crippen LogP contribution in [0.15, 0.2) is 48.7 Å². The Kier molecular flexibility index (Phi) is 5.67. The third kappa shape index (κ3) is 4.13. The highest BCUT2D eigenvalue weighted by atomic mass is 19.1. The largest absolute Gasteiger partial charge is 0.481 e. The molecule has 1 aromatic heterocycles. The van der Waals surface area contributed by atoms with E-state index in [0.717, 1.165) is 36.0 Å². The van der Waals surface area contributed by atoms with Gasteiger partial charge in [-0.15, -0.1) is 0 Å². The number of benzene rings is 2. The predicted octanol–water partition coefficient (Wildman–Crippen LogP) is 5.44. The second-order valence-electron chi connectivity index (χ2n) is 7.94. The molecule has 0 unspecified atom stereocenters. The number of pyridine rings is 1. The molecule has 0 saturated carbocycles. The minimum absolute atomic E-state index is 0.178. The van der Waals surface area contributed by atoms with E-state index in [-0.39, 0.29) is 5.69 Å². The lowest BCUT2D eigenvalue weighted by Gasteiger charge is -2.39. The highest BCUT2D eigenvalue weighted by Crippen LogP contribution is 2.39. The maximum Gasteiger partial charge on any atom is 0.221 e. The first-order chi connectivity index (χ1) is 14.9. The molecule has 0 amide bonds. The Bertz CT molecular complexity index is 1100. The Morgan fingerprint density at radius 2 is 1.84 bits per heavy atom. The average Bonchev–Trinajstić information content (AvgIpc) is 2.75. The molecule has 0 aliphatic carbocycles. The smallest absolute Gasteiger partial charge is 0.221 e. The van der Waals surface area contributed by atoms with Crippen LogP contribution >= 0.6 is 0 Å². The van der Waals surface area contributed by atoms with Crippen molar-refractivity contribution < 1.29 is 13.5 Å². The quantitative estimate of drug-likeness (QED) is 0.590. The molecule has 1 N–H and O–H groups in total. The van der Waals surface area contributed by atoms with Crippen LogP contribution in [0.1, 0.15) is 13.8 Å². The van der Waals surface area contributed by atoms with Crippen LogP contribution in [0.2, 0.25) is 0 Å². The van der Waals surface area contributed by atoms with Gasteiger partial charge in [-0.2, -0.15) is 0 Å². The summed E-state index contributed by atoms with van der Waals surface area (Å²) >= 11 is 0. The van der Waals surface area contributed by atoms with Crippen molar-refractivity contribution in [1.29, 1.82) is 0 Å². The van der Waals surface area contributed by atoms with Crippen molar-refractivity contribution in [1.82, 2.24) is 4.98 Å². The van der Waals surface area contributed by atoms with Gasteiger partial charge < -0.3 is 19.9 Å². The fourth-order valence-corrected chi connectivity index (χ4v) is 3.91. The van der Waals surface area contributed by atoms with Crippen molar-refractivity contribution in [3.8, 4) is 17.0 Å². The van der Waals surface area contributed by atoms with Gasteiger partial charge in [0, 0.05) is 37.8 Å². The molecule has 2 heterocycles. The van der Waals surface area contributed by atoms with Gasteiger partial charge in [-0.05, 0) is 49.7 Å². The van der Waals surface area contributed by atoms with Gasteiger partial charge in [-0.1, -0.05) is 6.07 Å². The zero-order valence-electron chi connectivity index (χ0n) is 18.1. The van der Waals surface area contributed by atoms with Gasteiger partial charge in [0.1, 0.15) is 11.6 Å². The summed E-state index contributed by atoms with van der Waals surface area (Å²) in [4.78, 5) is 9.02. The van der Waals surface area contributed by atoms with Crippen LogP contribution in [0, 0.1) is 11.6 Å². The van der Waals surface area contributed by atoms with E-state index >= 15 is 0 Å². The van der Waals surface area contributed by atoms with Crippen LogP contribution < -0.4 is 19.9 Å².